The number of aromatic nitrogens is 1. The molecule has 1 unspecified atom stereocenters. The maximum atomic E-state index is 12.7. The van der Waals surface area contributed by atoms with E-state index in [-0.39, 0.29) is 12.4 Å². The number of hydrogen-bond acceptors (Lipinski definition) is 5. The van der Waals surface area contributed by atoms with Gasteiger partial charge in [0, 0.05) is 24.2 Å². The average Bonchev–Trinajstić information content (AvgIpc) is 2.84. The van der Waals surface area contributed by atoms with Gasteiger partial charge in [0.05, 0.1) is 0 Å². The van der Waals surface area contributed by atoms with E-state index in [1.807, 2.05) is 12.3 Å². The summed E-state index contributed by atoms with van der Waals surface area (Å²) < 4.78 is 18.1. The molecular weight excluding hydrogens is 279 g/mol. The molecule has 0 aliphatic heterocycles. The third kappa shape index (κ3) is 4.88. The third-order valence-corrected chi connectivity index (χ3v) is 3.55. The van der Waals surface area contributed by atoms with Crippen LogP contribution in [0.15, 0.2) is 29.6 Å². The van der Waals surface area contributed by atoms with Gasteiger partial charge in [-0.1, -0.05) is 0 Å². The number of hydrogen-bond donors (Lipinski definition) is 2. The fourth-order valence-electron chi connectivity index (χ4n) is 1.61. The molecule has 2 aromatic rings. The highest BCUT2D eigenvalue weighted by atomic mass is 32.1. The molecule has 0 bridgehead atoms. The van der Waals surface area contributed by atoms with Crippen molar-refractivity contribution in [1.82, 2.24) is 10.3 Å². The van der Waals surface area contributed by atoms with Crippen molar-refractivity contribution in [2.24, 2.45) is 0 Å². The Hall–Kier alpha value is -1.50. The van der Waals surface area contributed by atoms with Crippen LogP contribution in [0.4, 0.5) is 4.39 Å². The summed E-state index contributed by atoms with van der Waals surface area (Å²) in [6.45, 7) is 3.16. The van der Waals surface area contributed by atoms with E-state index in [0.29, 0.717) is 18.8 Å². The third-order valence-electron chi connectivity index (χ3n) is 2.58. The first-order chi connectivity index (χ1) is 9.63. The van der Waals surface area contributed by atoms with E-state index in [1.54, 1.807) is 11.3 Å². The number of nitrogens with one attached hydrogen (secondary N) is 1. The second kappa shape index (κ2) is 7.33. The van der Waals surface area contributed by atoms with Crippen LogP contribution in [0.3, 0.4) is 0 Å². The van der Waals surface area contributed by atoms with Gasteiger partial charge >= 0.3 is 0 Å². The lowest BCUT2D eigenvalue weighted by Crippen LogP contribution is -2.31. The number of thiazole rings is 1. The minimum atomic E-state index is -0.624. The van der Waals surface area contributed by atoms with E-state index in [0.717, 1.165) is 10.7 Å². The molecular formula is C14H17FN2O2S. The molecule has 0 amide bonds. The molecule has 1 heterocycles. The monoisotopic (exact) mass is 296 g/mol. The van der Waals surface area contributed by atoms with Gasteiger partial charge in [-0.05, 0) is 31.2 Å². The van der Waals surface area contributed by atoms with Crippen molar-refractivity contribution in [2.75, 3.05) is 13.2 Å². The first-order valence-electron chi connectivity index (χ1n) is 6.31. The summed E-state index contributed by atoms with van der Waals surface area (Å²) in [6.07, 6.45) is -0.624. The van der Waals surface area contributed by atoms with Crippen molar-refractivity contribution in [1.29, 1.82) is 0 Å². The number of aliphatic hydroxyl groups excluding tert-OH is 1. The van der Waals surface area contributed by atoms with Crippen molar-refractivity contribution in [3.8, 4) is 5.75 Å². The Morgan fingerprint density at radius 1 is 1.40 bits per heavy atom. The van der Waals surface area contributed by atoms with Gasteiger partial charge in [0.25, 0.3) is 0 Å². The highest BCUT2D eigenvalue weighted by Gasteiger charge is 2.06. The summed E-state index contributed by atoms with van der Waals surface area (Å²) in [4.78, 5) is 4.32. The number of benzene rings is 1. The van der Waals surface area contributed by atoms with E-state index in [2.05, 4.69) is 10.3 Å². The van der Waals surface area contributed by atoms with Gasteiger partial charge in [-0.3, -0.25) is 0 Å². The molecule has 0 aliphatic rings. The van der Waals surface area contributed by atoms with Crippen molar-refractivity contribution in [3.05, 3.63) is 46.2 Å². The summed E-state index contributed by atoms with van der Waals surface area (Å²) in [5.74, 6) is 0.235. The summed E-state index contributed by atoms with van der Waals surface area (Å²) in [5, 5.41) is 15.9. The zero-order valence-electron chi connectivity index (χ0n) is 11.2. The van der Waals surface area contributed by atoms with Gasteiger partial charge in [-0.2, -0.15) is 0 Å². The number of rotatable bonds is 7. The van der Waals surface area contributed by atoms with Crippen LogP contribution in [0.25, 0.3) is 0 Å². The van der Waals surface area contributed by atoms with E-state index < -0.39 is 6.10 Å². The minimum Gasteiger partial charge on any atom is -0.491 e. The Labute approximate surface area is 121 Å². The molecule has 0 saturated carbocycles. The van der Waals surface area contributed by atoms with Crippen LogP contribution in [-0.2, 0) is 6.54 Å². The Morgan fingerprint density at radius 2 is 2.15 bits per heavy atom. The average molecular weight is 296 g/mol. The maximum Gasteiger partial charge on any atom is 0.123 e. The molecule has 1 aromatic carbocycles. The van der Waals surface area contributed by atoms with Crippen LogP contribution in [-0.4, -0.2) is 29.3 Å². The summed E-state index contributed by atoms with van der Waals surface area (Å²) in [5.41, 5.74) is 1.01. The molecule has 0 aliphatic carbocycles. The van der Waals surface area contributed by atoms with Gasteiger partial charge in [-0.25, -0.2) is 9.37 Å². The number of halogens is 1. The van der Waals surface area contributed by atoms with E-state index >= 15 is 0 Å². The van der Waals surface area contributed by atoms with Gasteiger partial charge in [-0.15, -0.1) is 11.3 Å². The molecule has 2 rings (SSSR count). The van der Waals surface area contributed by atoms with Crippen LogP contribution in [0, 0.1) is 12.7 Å². The smallest absolute Gasteiger partial charge is 0.123 e. The summed E-state index contributed by atoms with van der Waals surface area (Å²) >= 11 is 1.59. The van der Waals surface area contributed by atoms with Crippen LogP contribution in [0.1, 0.15) is 10.7 Å². The zero-order chi connectivity index (χ0) is 14.4. The Bertz CT molecular complexity index is 530. The van der Waals surface area contributed by atoms with Crippen LogP contribution in [0.2, 0.25) is 0 Å². The van der Waals surface area contributed by atoms with Crippen LogP contribution >= 0.6 is 11.3 Å². The Kier molecular flexibility index (Phi) is 5.46. The maximum absolute atomic E-state index is 12.7. The van der Waals surface area contributed by atoms with Gasteiger partial charge in [0.15, 0.2) is 0 Å². The topological polar surface area (TPSA) is 54.4 Å². The lowest BCUT2D eigenvalue weighted by molar-refractivity contribution is 0.106. The predicted octanol–water partition coefficient (Wildman–Crippen LogP) is 2.12. The normalized spacial score (nSPS) is 12.3. The van der Waals surface area contributed by atoms with Crippen molar-refractivity contribution >= 4 is 11.3 Å². The molecule has 0 fully saturated rings. The van der Waals surface area contributed by atoms with Crippen molar-refractivity contribution in [2.45, 2.75) is 19.6 Å². The fraction of sp³-hybridized carbons (Fsp3) is 0.357. The molecule has 0 saturated heterocycles. The number of aliphatic hydroxyl groups is 1. The second-order valence-electron chi connectivity index (χ2n) is 4.43. The van der Waals surface area contributed by atoms with Gasteiger partial charge < -0.3 is 15.2 Å². The summed E-state index contributed by atoms with van der Waals surface area (Å²) in [6, 6.07) is 5.72. The lowest BCUT2D eigenvalue weighted by atomic mass is 10.3. The van der Waals surface area contributed by atoms with Gasteiger partial charge in [0.1, 0.15) is 29.3 Å². The van der Waals surface area contributed by atoms with Gasteiger partial charge in [0.2, 0.25) is 0 Å². The largest absolute Gasteiger partial charge is 0.491 e. The molecule has 6 heteroatoms. The zero-order valence-corrected chi connectivity index (χ0v) is 12.0. The SMILES string of the molecule is Cc1csc(CNCC(O)COc2ccc(F)cc2)n1. The molecule has 20 heavy (non-hydrogen) atoms. The number of nitrogens with zero attached hydrogens (tertiary/aromatic N) is 1. The molecule has 1 atom stereocenters. The van der Waals surface area contributed by atoms with Crippen molar-refractivity contribution < 1.29 is 14.2 Å². The fourth-order valence-corrected chi connectivity index (χ4v) is 2.35. The molecule has 2 N–H and O–H groups in total. The standard InChI is InChI=1S/C14H17FN2O2S/c1-10-9-20-14(17-10)7-16-6-12(18)8-19-13-4-2-11(15)3-5-13/h2-5,9,12,16,18H,6-8H2,1H3. The quantitative estimate of drug-likeness (QED) is 0.822. The highest BCUT2D eigenvalue weighted by Crippen LogP contribution is 2.11. The molecule has 0 spiro atoms. The second-order valence-corrected chi connectivity index (χ2v) is 5.37. The number of aryl methyl sites for hydroxylation is 1. The first-order valence-corrected chi connectivity index (χ1v) is 7.19. The lowest BCUT2D eigenvalue weighted by Gasteiger charge is -2.12. The first kappa shape index (κ1) is 14.9. The molecule has 0 radical (unpaired) electrons. The van der Waals surface area contributed by atoms with Crippen LogP contribution < -0.4 is 10.1 Å². The van der Waals surface area contributed by atoms with Crippen molar-refractivity contribution in [3.63, 3.8) is 0 Å². The highest BCUT2D eigenvalue weighted by molar-refractivity contribution is 7.09. The van der Waals surface area contributed by atoms with E-state index in [1.165, 1.54) is 24.3 Å². The minimum absolute atomic E-state index is 0.162. The molecule has 4 nitrogen and oxygen atoms in total. The van der Waals surface area contributed by atoms with E-state index in [4.69, 9.17) is 4.74 Å². The van der Waals surface area contributed by atoms with Crippen LogP contribution in [0.5, 0.6) is 5.75 Å². The summed E-state index contributed by atoms with van der Waals surface area (Å²) in [7, 11) is 0. The number of ether oxygens (including phenoxy) is 1. The Balaban J connectivity index is 1.65. The Morgan fingerprint density at radius 3 is 2.80 bits per heavy atom. The molecule has 1 aromatic heterocycles. The molecule has 108 valence electrons. The van der Waals surface area contributed by atoms with E-state index in [9.17, 15) is 9.50 Å². The predicted molar refractivity (Wildman–Crippen MR) is 76.5 cm³/mol.